The van der Waals surface area contributed by atoms with E-state index in [-0.39, 0.29) is 11.6 Å². The van der Waals surface area contributed by atoms with Crippen LogP contribution in [0.15, 0.2) is 23.1 Å². The molecule has 160 valence electrons. The lowest BCUT2D eigenvalue weighted by Gasteiger charge is -2.47. The first-order chi connectivity index (χ1) is 14.0. The number of fused-ring (bicyclic) bond motifs is 2. The molecule has 2 aliphatic heterocycles. The van der Waals surface area contributed by atoms with E-state index in [0.29, 0.717) is 22.3 Å². The Morgan fingerprint density at radius 3 is 2.69 bits per heavy atom. The van der Waals surface area contributed by atoms with Crippen molar-refractivity contribution < 1.29 is 13.7 Å². The number of nitrogens with one attached hydrogen (secondary N) is 1. The number of nitrogens with zero attached hydrogens (tertiary/aromatic N) is 1. The average Bonchev–Trinajstić information content (AvgIpc) is 2.91. The topological polar surface area (TPSA) is 58.6 Å². The number of rotatable bonds is 6. The summed E-state index contributed by atoms with van der Waals surface area (Å²) in [5.41, 5.74) is 0.255. The molecule has 6 heteroatoms. The van der Waals surface area contributed by atoms with Gasteiger partial charge in [0.25, 0.3) is 5.91 Å². The highest BCUT2D eigenvalue weighted by Gasteiger charge is 2.50. The van der Waals surface area contributed by atoms with Crippen LogP contribution in [0.4, 0.5) is 0 Å². The van der Waals surface area contributed by atoms with E-state index in [0.717, 1.165) is 25.3 Å². The van der Waals surface area contributed by atoms with Crippen LogP contribution in [-0.4, -0.2) is 46.6 Å². The molecule has 2 saturated heterocycles. The highest BCUT2D eigenvalue weighted by atomic mass is 32.2. The van der Waals surface area contributed by atoms with Gasteiger partial charge in [0.1, 0.15) is 5.75 Å². The Balaban J connectivity index is 1.57. The summed E-state index contributed by atoms with van der Waals surface area (Å²) in [5, 5.41) is 3.43. The number of hydrogen-bond acceptors (Lipinski definition) is 4. The summed E-state index contributed by atoms with van der Waals surface area (Å²) in [5.74, 6) is 1.20. The van der Waals surface area contributed by atoms with Crippen molar-refractivity contribution >= 4 is 16.7 Å². The zero-order valence-corrected chi connectivity index (χ0v) is 18.6. The molecule has 1 aliphatic carbocycles. The fraction of sp³-hybridized carbons (Fsp3) is 0.696. The molecule has 3 aliphatic rings. The van der Waals surface area contributed by atoms with E-state index >= 15 is 0 Å². The van der Waals surface area contributed by atoms with Crippen LogP contribution in [0.25, 0.3) is 0 Å². The molecule has 0 aromatic heterocycles. The van der Waals surface area contributed by atoms with E-state index < -0.39 is 10.8 Å². The summed E-state index contributed by atoms with van der Waals surface area (Å²) in [4.78, 5) is 16.7. The molecule has 1 amide bonds. The molecule has 29 heavy (non-hydrogen) atoms. The number of ether oxygens (including phenoxy) is 1. The lowest BCUT2D eigenvalue weighted by molar-refractivity contribution is 0.00937. The van der Waals surface area contributed by atoms with Gasteiger partial charge in [-0.2, -0.15) is 0 Å². The van der Waals surface area contributed by atoms with Gasteiger partial charge in [-0.3, -0.25) is 13.9 Å². The van der Waals surface area contributed by atoms with Gasteiger partial charge in [0, 0.05) is 34.5 Å². The molecule has 3 atom stereocenters. The first-order valence-electron chi connectivity index (χ1n) is 11.1. The third-order valence-electron chi connectivity index (χ3n) is 7.28. The molecule has 2 bridgehead atoms. The maximum Gasteiger partial charge on any atom is 0.256 e. The molecule has 3 fully saturated rings. The van der Waals surface area contributed by atoms with Crippen LogP contribution in [0, 0.1) is 5.92 Å². The minimum atomic E-state index is -1.13. The standard InChI is InChI=1S/C23H34N2O3S/c1-28-21-11-10-19(29(2)27)15-20(21)22(26)24-23-13-6-9-18(12-14-23)25(23)16-17-7-4-3-5-8-17/h10-11,15,17-18H,3-9,12-14,16H2,1-2H3,(H,24,26). The van der Waals surface area contributed by atoms with Gasteiger partial charge in [-0.15, -0.1) is 0 Å². The molecule has 1 aromatic carbocycles. The fourth-order valence-corrected chi connectivity index (χ4v) is 6.29. The number of piperidine rings is 1. The van der Waals surface area contributed by atoms with Gasteiger partial charge in [0.05, 0.1) is 18.3 Å². The third-order valence-corrected chi connectivity index (χ3v) is 8.20. The second-order valence-electron chi connectivity index (χ2n) is 9.04. The molecule has 1 N–H and O–H groups in total. The van der Waals surface area contributed by atoms with E-state index in [2.05, 4.69) is 10.2 Å². The summed E-state index contributed by atoms with van der Waals surface area (Å²) in [7, 11) is 0.443. The Hall–Kier alpha value is -1.40. The predicted octanol–water partition coefficient (Wildman–Crippen LogP) is 4.09. The van der Waals surface area contributed by atoms with Crippen LogP contribution >= 0.6 is 0 Å². The fourth-order valence-electron chi connectivity index (χ4n) is 5.74. The predicted molar refractivity (Wildman–Crippen MR) is 116 cm³/mol. The molecule has 0 spiro atoms. The van der Waals surface area contributed by atoms with Crippen molar-refractivity contribution in [1.29, 1.82) is 0 Å². The van der Waals surface area contributed by atoms with Gasteiger partial charge in [-0.1, -0.05) is 19.3 Å². The van der Waals surface area contributed by atoms with E-state index in [1.165, 1.54) is 51.4 Å². The molecular formula is C23H34N2O3S. The van der Waals surface area contributed by atoms with Gasteiger partial charge < -0.3 is 10.1 Å². The number of carbonyl (C=O) groups is 1. The first-order valence-corrected chi connectivity index (χ1v) is 12.7. The molecule has 4 rings (SSSR count). The molecule has 1 aromatic rings. The van der Waals surface area contributed by atoms with Crippen LogP contribution < -0.4 is 10.1 Å². The van der Waals surface area contributed by atoms with Gasteiger partial charge >= 0.3 is 0 Å². The van der Waals surface area contributed by atoms with Crippen molar-refractivity contribution in [1.82, 2.24) is 10.2 Å². The minimum absolute atomic E-state index is 0.106. The lowest BCUT2D eigenvalue weighted by Crippen LogP contribution is -2.61. The highest BCUT2D eigenvalue weighted by molar-refractivity contribution is 7.84. The van der Waals surface area contributed by atoms with E-state index in [4.69, 9.17) is 4.74 Å². The van der Waals surface area contributed by atoms with E-state index in [1.807, 2.05) is 0 Å². The second-order valence-corrected chi connectivity index (χ2v) is 10.4. The summed E-state index contributed by atoms with van der Waals surface area (Å²) >= 11 is 0. The lowest BCUT2D eigenvalue weighted by atomic mass is 9.86. The van der Waals surface area contributed by atoms with Crippen molar-refractivity contribution in [2.75, 3.05) is 19.9 Å². The zero-order chi connectivity index (χ0) is 20.4. The van der Waals surface area contributed by atoms with Crippen molar-refractivity contribution in [3.05, 3.63) is 23.8 Å². The Morgan fingerprint density at radius 1 is 1.17 bits per heavy atom. The Kier molecular flexibility index (Phi) is 6.30. The van der Waals surface area contributed by atoms with E-state index in [9.17, 15) is 9.00 Å². The maximum atomic E-state index is 13.4. The Morgan fingerprint density at radius 2 is 1.97 bits per heavy atom. The van der Waals surface area contributed by atoms with Crippen molar-refractivity contribution in [2.24, 2.45) is 5.92 Å². The number of carbonyl (C=O) groups excluding carboxylic acids is 1. The largest absolute Gasteiger partial charge is 0.496 e. The zero-order valence-electron chi connectivity index (χ0n) is 17.7. The normalized spacial score (nSPS) is 28.8. The smallest absolute Gasteiger partial charge is 0.256 e. The van der Waals surface area contributed by atoms with Crippen LogP contribution in [0.1, 0.15) is 74.6 Å². The number of benzene rings is 1. The monoisotopic (exact) mass is 418 g/mol. The van der Waals surface area contributed by atoms with Crippen LogP contribution in [0.5, 0.6) is 5.75 Å². The van der Waals surface area contributed by atoms with Crippen molar-refractivity contribution in [3.8, 4) is 5.75 Å². The molecule has 3 unspecified atom stereocenters. The molecule has 2 heterocycles. The van der Waals surface area contributed by atoms with Crippen LogP contribution in [0.2, 0.25) is 0 Å². The number of methoxy groups -OCH3 is 1. The van der Waals surface area contributed by atoms with Gasteiger partial charge in [-0.05, 0) is 69.1 Å². The summed E-state index contributed by atoms with van der Waals surface area (Å²) in [6, 6.07) is 5.84. The van der Waals surface area contributed by atoms with Crippen LogP contribution in [0.3, 0.4) is 0 Å². The number of amides is 1. The third kappa shape index (κ3) is 4.24. The Bertz CT molecular complexity index is 773. The molecule has 1 saturated carbocycles. The van der Waals surface area contributed by atoms with Gasteiger partial charge in [0.2, 0.25) is 0 Å². The summed E-state index contributed by atoms with van der Waals surface area (Å²) < 4.78 is 17.4. The maximum absolute atomic E-state index is 13.4. The molecule has 5 nitrogen and oxygen atoms in total. The van der Waals surface area contributed by atoms with E-state index in [1.54, 1.807) is 31.6 Å². The summed E-state index contributed by atoms with van der Waals surface area (Å²) in [6.45, 7) is 1.11. The first kappa shape index (κ1) is 20.9. The molecule has 0 radical (unpaired) electrons. The van der Waals surface area contributed by atoms with Crippen LogP contribution in [-0.2, 0) is 10.8 Å². The van der Waals surface area contributed by atoms with Gasteiger partial charge in [-0.25, -0.2) is 0 Å². The SMILES string of the molecule is COc1ccc(S(C)=O)cc1C(=O)NC12CCCC(CC1)N2CC1CCCCC1. The molecular weight excluding hydrogens is 384 g/mol. The summed E-state index contributed by atoms with van der Waals surface area (Å²) in [6.07, 6.45) is 14.0. The van der Waals surface area contributed by atoms with Gasteiger partial charge in [0.15, 0.2) is 0 Å². The Labute approximate surface area is 177 Å². The number of hydrogen-bond donors (Lipinski definition) is 1. The second kappa shape index (κ2) is 8.76. The van der Waals surface area contributed by atoms with Crippen molar-refractivity contribution in [2.45, 2.75) is 80.8 Å². The van der Waals surface area contributed by atoms with Crippen molar-refractivity contribution in [3.63, 3.8) is 0 Å². The quantitative estimate of drug-likeness (QED) is 0.756. The highest BCUT2D eigenvalue weighted by Crippen LogP contribution is 2.44. The average molecular weight is 419 g/mol. The minimum Gasteiger partial charge on any atom is -0.496 e.